The van der Waals surface area contributed by atoms with Crippen molar-refractivity contribution in [3.8, 4) is 0 Å². The highest BCUT2D eigenvalue weighted by atomic mass is 16.5. The molecule has 6 atom stereocenters. The molecule has 4 aliphatic rings. The highest BCUT2D eigenvalue weighted by Crippen LogP contribution is 2.65. The van der Waals surface area contributed by atoms with Crippen LogP contribution < -0.4 is 0 Å². The van der Waals surface area contributed by atoms with Gasteiger partial charge in [0.25, 0.3) is 0 Å². The average molecular weight is 387 g/mol. The molecule has 0 heterocycles. The molecule has 0 spiro atoms. The summed E-state index contributed by atoms with van der Waals surface area (Å²) in [6.45, 7) is 6.47. The summed E-state index contributed by atoms with van der Waals surface area (Å²) in [4.78, 5) is 24.0. The number of hydrogen-bond acceptors (Lipinski definition) is 4. The normalized spacial score (nSPS) is 41.9. The molecule has 2 fully saturated rings. The second kappa shape index (κ2) is 7.12. The van der Waals surface area contributed by atoms with Gasteiger partial charge in [0.1, 0.15) is 12.7 Å². The molecule has 0 aromatic rings. The van der Waals surface area contributed by atoms with Gasteiger partial charge in [-0.1, -0.05) is 31.6 Å². The molecule has 4 heteroatoms. The number of carbonyl (C=O) groups excluding carboxylic acids is 2. The summed E-state index contributed by atoms with van der Waals surface area (Å²) in [5.74, 6) is 1.88. The van der Waals surface area contributed by atoms with Crippen LogP contribution in [0.3, 0.4) is 0 Å². The lowest BCUT2D eigenvalue weighted by molar-refractivity contribution is -0.148. The molecule has 4 nitrogen and oxygen atoms in total. The Hall–Kier alpha value is -1.42. The molecule has 28 heavy (non-hydrogen) atoms. The van der Waals surface area contributed by atoms with E-state index in [1.165, 1.54) is 18.9 Å². The SMILES string of the molecule is COCC(=O)C1=CC[C@H]2[C@@H]3CC=C4C[C@@H](OC(C)=O)CC[C@]4(C)[C@H]3CC[C@]12C. The van der Waals surface area contributed by atoms with E-state index in [0.717, 1.165) is 44.1 Å². The fourth-order valence-corrected chi connectivity index (χ4v) is 7.17. The second-order valence-electron chi connectivity index (χ2n) is 9.90. The third-order valence-corrected chi connectivity index (χ3v) is 8.55. The molecule has 0 bridgehead atoms. The Labute approximate surface area is 168 Å². The highest BCUT2D eigenvalue weighted by molar-refractivity contribution is 5.98. The quantitative estimate of drug-likeness (QED) is 0.522. The Bertz CT molecular complexity index is 735. The van der Waals surface area contributed by atoms with Gasteiger partial charge in [-0.2, -0.15) is 0 Å². The summed E-state index contributed by atoms with van der Waals surface area (Å²) in [6, 6.07) is 0. The van der Waals surface area contributed by atoms with Crippen molar-refractivity contribution >= 4 is 11.8 Å². The van der Waals surface area contributed by atoms with E-state index in [1.54, 1.807) is 7.11 Å². The fourth-order valence-electron chi connectivity index (χ4n) is 7.17. The van der Waals surface area contributed by atoms with Crippen molar-refractivity contribution in [1.29, 1.82) is 0 Å². The average Bonchev–Trinajstić information content (AvgIpc) is 2.99. The van der Waals surface area contributed by atoms with Crippen molar-refractivity contribution in [3.63, 3.8) is 0 Å². The monoisotopic (exact) mass is 386 g/mol. The summed E-state index contributed by atoms with van der Waals surface area (Å²) < 4.78 is 10.7. The number of fused-ring (bicyclic) bond motifs is 5. The Balaban J connectivity index is 1.56. The molecule has 2 saturated carbocycles. The third kappa shape index (κ3) is 2.99. The number of Topliss-reactive ketones (excluding diaryl/α,β-unsaturated/α-hetero) is 1. The lowest BCUT2D eigenvalue weighted by Crippen LogP contribution is -2.50. The van der Waals surface area contributed by atoms with Crippen molar-refractivity contribution in [1.82, 2.24) is 0 Å². The summed E-state index contributed by atoms with van der Waals surface area (Å²) in [5, 5.41) is 0. The van der Waals surface area contributed by atoms with Crippen molar-refractivity contribution < 1.29 is 19.1 Å². The standard InChI is InChI=1S/C24H34O4/c1-15(25)28-17-9-11-23(2)16(13-17)5-6-18-19-7-8-21(22(26)14-27-4)24(19,3)12-10-20(18)23/h5,8,17-20H,6-7,9-14H2,1-4H3/t17-,18-,19-,20-,23-,24-/m0/s1. The van der Waals surface area contributed by atoms with Crippen molar-refractivity contribution in [2.75, 3.05) is 13.7 Å². The van der Waals surface area contributed by atoms with E-state index in [1.807, 2.05) is 0 Å². The van der Waals surface area contributed by atoms with E-state index in [0.29, 0.717) is 17.8 Å². The van der Waals surface area contributed by atoms with Crippen LogP contribution in [0.25, 0.3) is 0 Å². The van der Waals surface area contributed by atoms with Crippen LogP contribution in [0, 0.1) is 28.6 Å². The van der Waals surface area contributed by atoms with E-state index in [-0.39, 0.29) is 35.3 Å². The molecular weight excluding hydrogens is 352 g/mol. The maximum absolute atomic E-state index is 12.6. The molecule has 0 aliphatic heterocycles. The molecule has 0 amide bonds. The van der Waals surface area contributed by atoms with Crippen LogP contribution >= 0.6 is 0 Å². The summed E-state index contributed by atoms with van der Waals surface area (Å²) >= 11 is 0. The van der Waals surface area contributed by atoms with Gasteiger partial charge in [-0.05, 0) is 72.7 Å². The number of allylic oxidation sites excluding steroid dienone is 2. The fraction of sp³-hybridized carbons (Fsp3) is 0.750. The minimum atomic E-state index is -0.165. The minimum absolute atomic E-state index is 0.00737. The molecule has 0 radical (unpaired) electrons. The largest absolute Gasteiger partial charge is 0.462 e. The first-order valence-corrected chi connectivity index (χ1v) is 10.9. The van der Waals surface area contributed by atoms with Crippen LogP contribution in [-0.2, 0) is 19.1 Å². The van der Waals surface area contributed by atoms with E-state index < -0.39 is 0 Å². The van der Waals surface area contributed by atoms with Gasteiger partial charge in [0.2, 0.25) is 0 Å². The smallest absolute Gasteiger partial charge is 0.302 e. The number of hydrogen-bond donors (Lipinski definition) is 0. The number of ether oxygens (including phenoxy) is 2. The summed E-state index contributed by atoms with van der Waals surface area (Å²) in [5.41, 5.74) is 2.76. The van der Waals surface area contributed by atoms with Gasteiger partial charge >= 0.3 is 5.97 Å². The predicted molar refractivity (Wildman–Crippen MR) is 108 cm³/mol. The molecule has 0 saturated heterocycles. The van der Waals surface area contributed by atoms with E-state index in [4.69, 9.17) is 9.47 Å². The van der Waals surface area contributed by atoms with Crippen molar-refractivity contribution in [3.05, 3.63) is 23.3 Å². The molecular formula is C24H34O4. The zero-order chi connectivity index (χ0) is 20.1. The zero-order valence-electron chi connectivity index (χ0n) is 17.8. The Kier molecular flexibility index (Phi) is 5.06. The first-order chi connectivity index (χ1) is 13.3. The molecule has 0 aromatic heterocycles. The van der Waals surface area contributed by atoms with E-state index >= 15 is 0 Å². The Morgan fingerprint density at radius 2 is 1.82 bits per heavy atom. The highest BCUT2D eigenvalue weighted by Gasteiger charge is 2.57. The third-order valence-electron chi connectivity index (χ3n) is 8.55. The summed E-state index contributed by atoms with van der Waals surface area (Å²) in [6.07, 6.45) is 12.1. The van der Waals surface area contributed by atoms with Crippen molar-refractivity contribution in [2.24, 2.45) is 28.6 Å². The molecule has 0 N–H and O–H groups in total. The van der Waals surface area contributed by atoms with Gasteiger partial charge in [0, 0.05) is 20.5 Å². The number of esters is 1. The number of rotatable bonds is 4. The van der Waals surface area contributed by atoms with Gasteiger partial charge < -0.3 is 9.47 Å². The number of methoxy groups -OCH3 is 1. The van der Waals surface area contributed by atoms with Crippen LogP contribution in [0.15, 0.2) is 23.3 Å². The zero-order valence-corrected chi connectivity index (χ0v) is 17.8. The van der Waals surface area contributed by atoms with Crippen LogP contribution in [0.4, 0.5) is 0 Å². The Morgan fingerprint density at radius 3 is 2.54 bits per heavy atom. The minimum Gasteiger partial charge on any atom is -0.462 e. The van der Waals surface area contributed by atoms with Gasteiger partial charge in [-0.25, -0.2) is 0 Å². The topological polar surface area (TPSA) is 52.6 Å². The molecule has 154 valence electrons. The van der Waals surface area contributed by atoms with E-state index in [2.05, 4.69) is 26.0 Å². The molecule has 0 unspecified atom stereocenters. The molecule has 4 aliphatic carbocycles. The lowest BCUT2D eigenvalue weighted by atomic mass is 9.47. The number of carbonyl (C=O) groups is 2. The van der Waals surface area contributed by atoms with Gasteiger partial charge in [0.15, 0.2) is 5.78 Å². The van der Waals surface area contributed by atoms with E-state index in [9.17, 15) is 9.59 Å². The summed E-state index contributed by atoms with van der Waals surface area (Å²) in [7, 11) is 1.60. The second-order valence-corrected chi connectivity index (χ2v) is 9.90. The maximum Gasteiger partial charge on any atom is 0.302 e. The van der Waals surface area contributed by atoms with Gasteiger partial charge in [-0.3, -0.25) is 9.59 Å². The molecule has 4 rings (SSSR count). The van der Waals surface area contributed by atoms with Crippen LogP contribution in [0.2, 0.25) is 0 Å². The van der Waals surface area contributed by atoms with Gasteiger partial charge in [0.05, 0.1) is 0 Å². The van der Waals surface area contributed by atoms with Crippen LogP contribution in [0.5, 0.6) is 0 Å². The maximum atomic E-state index is 12.6. The lowest BCUT2D eigenvalue weighted by Gasteiger charge is -2.57. The van der Waals surface area contributed by atoms with Gasteiger partial charge in [-0.15, -0.1) is 0 Å². The number of ketones is 1. The van der Waals surface area contributed by atoms with Crippen LogP contribution in [-0.4, -0.2) is 31.6 Å². The first-order valence-electron chi connectivity index (χ1n) is 10.9. The Morgan fingerprint density at radius 1 is 1.07 bits per heavy atom. The molecule has 0 aromatic carbocycles. The predicted octanol–water partition coefficient (Wildman–Crippen LogP) is 4.63. The van der Waals surface area contributed by atoms with Crippen LogP contribution in [0.1, 0.15) is 65.7 Å². The first kappa shape index (κ1) is 19.9. The van der Waals surface area contributed by atoms with Crippen molar-refractivity contribution in [2.45, 2.75) is 71.8 Å².